The van der Waals surface area contributed by atoms with Crippen molar-refractivity contribution in [3.8, 4) is 0 Å². The highest BCUT2D eigenvalue weighted by Gasteiger charge is 2.25. The largest absolute Gasteiger partial charge is 0.480 e. The monoisotopic (exact) mass is 158 g/mol. The molecule has 0 spiro atoms. The number of amidine groups is 1. The number of hydrogen-bond acceptors (Lipinski definition) is 4. The van der Waals surface area contributed by atoms with Crippen molar-refractivity contribution in [1.82, 2.24) is 4.90 Å². The van der Waals surface area contributed by atoms with E-state index in [-0.39, 0.29) is 6.61 Å². The van der Waals surface area contributed by atoms with Gasteiger partial charge in [0, 0.05) is 14.1 Å². The van der Waals surface area contributed by atoms with Gasteiger partial charge in [-0.05, 0) is 0 Å². The van der Waals surface area contributed by atoms with Gasteiger partial charge in [0.05, 0.1) is 0 Å². The smallest absolute Gasteiger partial charge is 0.332 e. The molecule has 5 nitrogen and oxygen atoms in total. The maximum Gasteiger partial charge on any atom is 0.332 e. The van der Waals surface area contributed by atoms with Gasteiger partial charge in [0.1, 0.15) is 6.61 Å². The molecule has 0 radical (unpaired) electrons. The number of aliphatic imine (C=N–C) groups is 1. The van der Waals surface area contributed by atoms with Gasteiger partial charge in [0.25, 0.3) is 6.02 Å². The van der Waals surface area contributed by atoms with Crippen molar-refractivity contribution in [3.63, 3.8) is 0 Å². The predicted molar refractivity (Wildman–Crippen MR) is 38.5 cm³/mol. The summed E-state index contributed by atoms with van der Waals surface area (Å²) in [7, 11) is 3.51. The molecule has 0 aromatic rings. The lowest BCUT2D eigenvalue weighted by Crippen LogP contribution is -2.21. The first-order chi connectivity index (χ1) is 5.11. The summed E-state index contributed by atoms with van der Waals surface area (Å²) >= 11 is 0. The van der Waals surface area contributed by atoms with Crippen molar-refractivity contribution in [3.05, 3.63) is 0 Å². The Morgan fingerprint density at radius 3 is 2.73 bits per heavy atom. The molecule has 1 heterocycles. The first-order valence-electron chi connectivity index (χ1n) is 3.22. The Morgan fingerprint density at radius 1 is 1.82 bits per heavy atom. The molecule has 5 heteroatoms. The van der Waals surface area contributed by atoms with Crippen molar-refractivity contribution in [2.24, 2.45) is 4.99 Å². The van der Waals surface area contributed by atoms with Crippen molar-refractivity contribution >= 4 is 12.0 Å². The van der Waals surface area contributed by atoms with E-state index in [1.807, 2.05) is 0 Å². The van der Waals surface area contributed by atoms with Crippen molar-refractivity contribution in [2.75, 3.05) is 20.7 Å². The number of carboxylic acids is 1. The lowest BCUT2D eigenvalue weighted by atomic mass is 10.3. The third-order valence-corrected chi connectivity index (χ3v) is 1.30. The molecule has 0 unspecified atom stereocenters. The highest BCUT2D eigenvalue weighted by atomic mass is 16.5. The van der Waals surface area contributed by atoms with Crippen LogP contribution >= 0.6 is 0 Å². The van der Waals surface area contributed by atoms with Gasteiger partial charge < -0.3 is 14.7 Å². The Hall–Kier alpha value is -1.26. The lowest BCUT2D eigenvalue weighted by molar-refractivity contribution is -0.138. The number of rotatable bonds is 1. The van der Waals surface area contributed by atoms with E-state index in [2.05, 4.69) is 4.99 Å². The van der Waals surface area contributed by atoms with Gasteiger partial charge in [-0.15, -0.1) is 0 Å². The minimum atomic E-state index is -0.943. The standard InChI is InChI=1S/C6H10N2O3/c1-8(2)6-7-4(3-11-6)5(9)10/h4H,3H2,1-2H3,(H,9,10)/t4-/m0/s1. The topological polar surface area (TPSA) is 62.1 Å². The normalized spacial score (nSPS) is 22.4. The van der Waals surface area contributed by atoms with Crippen molar-refractivity contribution < 1.29 is 14.6 Å². The van der Waals surface area contributed by atoms with Crippen LogP contribution in [0.25, 0.3) is 0 Å². The minimum Gasteiger partial charge on any atom is -0.480 e. The van der Waals surface area contributed by atoms with Crippen molar-refractivity contribution in [2.45, 2.75) is 6.04 Å². The van der Waals surface area contributed by atoms with Crippen LogP contribution in [-0.2, 0) is 9.53 Å². The van der Waals surface area contributed by atoms with Crippen LogP contribution in [0.4, 0.5) is 0 Å². The van der Waals surface area contributed by atoms with E-state index >= 15 is 0 Å². The quantitative estimate of drug-likeness (QED) is 0.552. The third kappa shape index (κ3) is 1.60. The molecule has 0 fully saturated rings. The van der Waals surface area contributed by atoms with Gasteiger partial charge in [-0.1, -0.05) is 0 Å². The molecule has 0 amide bonds. The van der Waals surface area contributed by atoms with E-state index < -0.39 is 12.0 Å². The number of nitrogens with zero attached hydrogens (tertiary/aromatic N) is 2. The SMILES string of the molecule is CN(C)C1=N[C@H](C(=O)O)CO1. The van der Waals surface area contributed by atoms with Crippen LogP contribution in [0.15, 0.2) is 4.99 Å². The number of carboxylic acid groups (broad SMARTS) is 1. The first-order valence-corrected chi connectivity index (χ1v) is 3.22. The zero-order valence-corrected chi connectivity index (χ0v) is 6.44. The van der Waals surface area contributed by atoms with Gasteiger partial charge in [-0.3, -0.25) is 0 Å². The molecule has 0 aromatic heterocycles. The molecule has 0 aromatic carbocycles. The Bertz CT molecular complexity index is 200. The molecule has 0 saturated carbocycles. The van der Waals surface area contributed by atoms with Crippen LogP contribution in [0.3, 0.4) is 0 Å². The third-order valence-electron chi connectivity index (χ3n) is 1.30. The lowest BCUT2D eigenvalue weighted by Gasteiger charge is -2.08. The number of hydrogen-bond donors (Lipinski definition) is 1. The fourth-order valence-electron chi connectivity index (χ4n) is 0.732. The van der Waals surface area contributed by atoms with Gasteiger partial charge >= 0.3 is 5.97 Å². The van der Waals surface area contributed by atoms with Crippen LogP contribution in [-0.4, -0.2) is 48.7 Å². The molecule has 1 aliphatic rings. The van der Waals surface area contributed by atoms with E-state index in [1.165, 1.54) is 0 Å². The molecular weight excluding hydrogens is 148 g/mol. The van der Waals surface area contributed by atoms with Crippen LogP contribution in [0, 0.1) is 0 Å². The van der Waals surface area contributed by atoms with Gasteiger partial charge in [0.2, 0.25) is 0 Å². The summed E-state index contributed by atoms with van der Waals surface area (Å²) in [6.45, 7) is 0.142. The second-order valence-corrected chi connectivity index (χ2v) is 2.47. The second kappa shape index (κ2) is 2.77. The average Bonchev–Trinajstić information content (AvgIpc) is 2.33. The summed E-state index contributed by atoms with van der Waals surface area (Å²) < 4.78 is 4.98. The average molecular weight is 158 g/mol. The Kier molecular flexibility index (Phi) is 1.98. The maximum absolute atomic E-state index is 10.4. The van der Waals surface area contributed by atoms with Crippen molar-refractivity contribution in [1.29, 1.82) is 0 Å². The van der Waals surface area contributed by atoms with E-state index in [1.54, 1.807) is 19.0 Å². The highest BCUT2D eigenvalue weighted by Crippen LogP contribution is 2.05. The molecule has 1 atom stereocenters. The van der Waals surface area contributed by atoms with Crippen LogP contribution in [0.2, 0.25) is 0 Å². The molecule has 1 aliphatic heterocycles. The first kappa shape index (κ1) is 7.84. The maximum atomic E-state index is 10.4. The van der Waals surface area contributed by atoms with E-state index in [0.29, 0.717) is 6.02 Å². The molecule has 1 rings (SSSR count). The van der Waals surface area contributed by atoms with E-state index in [4.69, 9.17) is 9.84 Å². The molecular formula is C6H10N2O3. The fraction of sp³-hybridized carbons (Fsp3) is 0.667. The number of carbonyl (C=O) groups is 1. The van der Waals surface area contributed by atoms with Crippen LogP contribution in [0.1, 0.15) is 0 Å². The van der Waals surface area contributed by atoms with Crippen LogP contribution < -0.4 is 0 Å². The number of ether oxygens (including phenoxy) is 1. The summed E-state index contributed by atoms with van der Waals surface area (Å²) in [5.41, 5.74) is 0. The zero-order chi connectivity index (χ0) is 8.43. The molecule has 1 N–H and O–H groups in total. The van der Waals surface area contributed by atoms with E-state index in [0.717, 1.165) is 0 Å². The second-order valence-electron chi connectivity index (χ2n) is 2.47. The Labute approximate surface area is 64.3 Å². The van der Waals surface area contributed by atoms with E-state index in [9.17, 15) is 4.79 Å². The molecule has 0 bridgehead atoms. The summed E-state index contributed by atoms with van der Waals surface area (Å²) in [6, 6.07) is -0.343. The summed E-state index contributed by atoms with van der Waals surface area (Å²) in [5, 5.41) is 8.51. The molecule has 0 aliphatic carbocycles. The Balaban J connectivity index is 2.61. The van der Waals surface area contributed by atoms with Crippen LogP contribution in [0.5, 0.6) is 0 Å². The molecule has 11 heavy (non-hydrogen) atoms. The predicted octanol–water partition coefficient (Wildman–Crippen LogP) is -0.613. The highest BCUT2D eigenvalue weighted by molar-refractivity contribution is 5.83. The van der Waals surface area contributed by atoms with Gasteiger partial charge in [-0.2, -0.15) is 0 Å². The summed E-state index contributed by atoms with van der Waals surface area (Å²) in [4.78, 5) is 15.8. The zero-order valence-electron chi connectivity index (χ0n) is 6.44. The van der Waals surface area contributed by atoms with Gasteiger partial charge in [-0.25, -0.2) is 9.79 Å². The molecule has 0 saturated heterocycles. The number of aliphatic carboxylic acids is 1. The molecule has 62 valence electrons. The fourth-order valence-corrected chi connectivity index (χ4v) is 0.732. The summed E-state index contributed by atoms with van der Waals surface area (Å²) in [5.74, 6) is -0.943. The Morgan fingerprint density at radius 2 is 2.45 bits per heavy atom. The summed E-state index contributed by atoms with van der Waals surface area (Å²) in [6.07, 6.45) is 0. The van der Waals surface area contributed by atoms with Gasteiger partial charge in [0.15, 0.2) is 6.04 Å². The minimum absolute atomic E-state index is 0.142.